The third-order valence-electron chi connectivity index (χ3n) is 4.69. The van der Waals surface area contributed by atoms with Gasteiger partial charge in [-0.05, 0) is 34.9 Å². The third kappa shape index (κ3) is 5.01. The van der Waals surface area contributed by atoms with Crippen molar-refractivity contribution in [1.29, 1.82) is 0 Å². The summed E-state index contributed by atoms with van der Waals surface area (Å²) in [7, 11) is 0. The molecule has 0 heterocycles. The van der Waals surface area contributed by atoms with Crippen LogP contribution in [0, 0.1) is 0 Å². The molecule has 3 aromatic carbocycles. The number of carbonyl (C=O) groups excluding carboxylic acids is 1. The lowest BCUT2D eigenvalue weighted by atomic mass is 9.99. The second-order valence-electron chi connectivity index (χ2n) is 6.73. The van der Waals surface area contributed by atoms with Gasteiger partial charge in [0.05, 0.1) is 16.4 Å². The normalized spacial score (nSPS) is 15.0. The van der Waals surface area contributed by atoms with Gasteiger partial charge in [0.2, 0.25) is 5.91 Å². The molecule has 0 aliphatic carbocycles. The standard InChI is InChI=1S/C22H18Br2F3NO/c1-13(17-11-5-7-14-6-2-3-10-18(14)17)28-21(29)20(24)19(23)15-8-4-9-16(12-15)22(25,26)27/h2-13,19-20H,1H3,(H,28,29)/t13-,19?,20?/m1/s1. The molecule has 0 radical (unpaired) electrons. The highest BCUT2D eigenvalue weighted by Gasteiger charge is 2.32. The summed E-state index contributed by atoms with van der Waals surface area (Å²) in [5.41, 5.74) is 0.597. The summed E-state index contributed by atoms with van der Waals surface area (Å²) in [5, 5.41) is 5.06. The van der Waals surface area contributed by atoms with Crippen molar-refractivity contribution in [1.82, 2.24) is 5.32 Å². The molecule has 152 valence electrons. The van der Waals surface area contributed by atoms with Crippen molar-refractivity contribution in [2.45, 2.75) is 28.8 Å². The number of carbonyl (C=O) groups is 1. The quantitative estimate of drug-likeness (QED) is 0.357. The predicted octanol–water partition coefficient (Wildman–Crippen LogP) is 6.94. The van der Waals surface area contributed by atoms with Crippen LogP contribution in [-0.4, -0.2) is 10.7 Å². The Labute approximate surface area is 183 Å². The number of halogens is 5. The van der Waals surface area contributed by atoms with Crippen LogP contribution in [0.2, 0.25) is 0 Å². The summed E-state index contributed by atoms with van der Waals surface area (Å²) in [4.78, 5) is 11.4. The third-order valence-corrected chi connectivity index (χ3v) is 7.40. The van der Waals surface area contributed by atoms with E-state index >= 15 is 0 Å². The number of amides is 1. The summed E-state index contributed by atoms with van der Waals surface area (Å²) in [6.07, 6.45) is -4.43. The highest BCUT2D eigenvalue weighted by Crippen LogP contribution is 2.36. The number of alkyl halides is 5. The summed E-state index contributed by atoms with van der Waals surface area (Å²) in [5.74, 6) is -0.315. The monoisotopic (exact) mass is 527 g/mol. The van der Waals surface area contributed by atoms with Crippen molar-refractivity contribution in [2.75, 3.05) is 0 Å². The zero-order valence-corrected chi connectivity index (χ0v) is 18.6. The molecule has 0 aliphatic heterocycles. The number of nitrogens with one attached hydrogen (secondary N) is 1. The Morgan fingerprint density at radius 3 is 2.34 bits per heavy atom. The number of hydrogen-bond acceptors (Lipinski definition) is 1. The van der Waals surface area contributed by atoms with Crippen molar-refractivity contribution in [3.8, 4) is 0 Å². The average molecular weight is 529 g/mol. The van der Waals surface area contributed by atoms with Gasteiger partial charge in [0.25, 0.3) is 0 Å². The molecule has 0 fully saturated rings. The molecule has 3 rings (SSSR count). The second-order valence-corrected chi connectivity index (χ2v) is 8.70. The lowest BCUT2D eigenvalue weighted by Gasteiger charge is -2.22. The smallest absolute Gasteiger partial charge is 0.349 e. The summed E-state index contributed by atoms with van der Waals surface area (Å²) in [6.45, 7) is 1.88. The van der Waals surface area contributed by atoms with Gasteiger partial charge < -0.3 is 5.32 Å². The lowest BCUT2D eigenvalue weighted by molar-refractivity contribution is -0.137. The predicted molar refractivity (Wildman–Crippen MR) is 116 cm³/mol. The van der Waals surface area contributed by atoms with Crippen LogP contribution >= 0.6 is 31.9 Å². The maximum Gasteiger partial charge on any atom is 0.416 e. The first-order valence-corrected chi connectivity index (χ1v) is 10.7. The Bertz CT molecular complexity index is 1020. The van der Waals surface area contributed by atoms with Crippen LogP contribution in [-0.2, 0) is 11.0 Å². The van der Waals surface area contributed by atoms with Crippen LogP contribution in [0.1, 0.15) is 34.5 Å². The van der Waals surface area contributed by atoms with Crippen molar-refractivity contribution >= 4 is 48.5 Å². The van der Waals surface area contributed by atoms with Gasteiger partial charge in [0, 0.05) is 0 Å². The van der Waals surface area contributed by atoms with Gasteiger partial charge >= 0.3 is 6.18 Å². The van der Waals surface area contributed by atoms with Crippen LogP contribution in [0.15, 0.2) is 66.7 Å². The van der Waals surface area contributed by atoms with E-state index in [1.54, 1.807) is 6.07 Å². The van der Waals surface area contributed by atoms with E-state index in [1.807, 2.05) is 49.4 Å². The summed E-state index contributed by atoms with van der Waals surface area (Å²) < 4.78 is 38.9. The molecule has 29 heavy (non-hydrogen) atoms. The second kappa shape index (κ2) is 8.88. The molecule has 2 unspecified atom stereocenters. The molecule has 0 spiro atoms. The first-order valence-electron chi connectivity index (χ1n) is 8.92. The molecule has 1 amide bonds. The molecule has 2 nitrogen and oxygen atoms in total. The molecular weight excluding hydrogens is 511 g/mol. The van der Waals surface area contributed by atoms with E-state index in [0.717, 1.165) is 28.5 Å². The molecule has 3 atom stereocenters. The first kappa shape index (κ1) is 21.8. The fraction of sp³-hybridized carbons (Fsp3) is 0.227. The van der Waals surface area contributed by atoms with Gasteiger partial charge in [-0.3, -0.25) is 4.79 Å². The Kier molecular flexibility index (Phi) is 6.69. The lowest BCUT2D eigenvalue weighted by Crippen LogP contribution is -2.35. The Balaban J connectivity index is 1.76. The maximum atomic E-state index is 13.0. The molecule has 3 aromatic rings. The van der Waals surface area contributed by atoms with Crippen molar-refractivity contribution in [2.24, 2.45) is 0 Å². The van der Waals surface area contributed by atoms with Crippen LogP contribution in [0.25, 0.3) is 10.8 Å². The minimum Gasteiger partial charge on any atom is -0.349 e. The number of rotatable bonds is 5. The van der Waals surface area contributed by atoms with Crippen LogP contribution < -0.4 is 5.32 Å². The molecule has 0 bridgehead atoms. The van der Waals surface area contributed by atoms with Crippen molar-refractivity contribution < 1.29 is 18.0 Å². The zero-order chi connectivity index (χ0) is 21.2. The van der Waals surface area contributed by atoms with E-state index in [9.17, 15) is 18.0 Å². The summed E-state index contributed by atoms with van der Waals surface area (Å²) in [6, 6.07) is 18.5. The van der Waals surface area contributed by atoms with Gasteiger partial charge in [-0.15, -0.1) is 0 Å². The molecule has 0 aromatic heterocycles. The number of fused-ring (bicyclic) bond motifs is 1. The van der Waals surface area contributed by atoms with Crippen molar-refractivity contribution in [3.63, 3.8) is 0 Å². The maximum absolute atomic E-state index is 13.0. The molecule has 0 aliphatic rings. The van der Waals surface area contributed by atoms with E-state index in [-0.39, 0.29) is 11.9 Å². The van der Waals surface area contributed by atoms with Gasteiger partial charge in [0.1, 0.15) is 4.83 Å². The average Bonchev–Trinajstić information content (AvgIpc) is 2.71. The largest absolute Gasteiger partial charge is 0.416 e. The van der Waals surface area contributed by atoms with Crippen LogP contribution in [0.5, 0.6) is 0 Å². The van der Waals surface area contributed by atoms with Crippen LogP contribution in [0.4, 0.5) is 13.2 Å². The van der Waals surface area contributed by atoms with Gasteiger partial charge in [-0.1, -0.05) is 92.5 Å². The number of hydrogen-bond donors (Lipinski definition) is 1. The van der Waals surface area contributed by atoms with Crippen LogP contribution in [0.3, 0.4) is 0 Å². The molecule has 0 saturated heterocycles. The summed E-state index contributed by atoms with van der Waals surface area (Å²) >= 11 is 6.69. The highest BCUT2D eigenvalue weighted by atomic mass is 79.9. The SMILES string of the molecule is C[C@@H](NC(=O)C(Br)C(Br)c1cccc(C(F)(F)F)c1)c1cccc2ccccc12. The Morgan fingerprint density at radius 1 is 0.966 bits per heavy atom. The minimum atomic E-state index is -4.43. The Morgan fingerprint density at radius 2 is 1.62 bits per heavy atom. The number of benzene rings is 3. The van der Waals surface area contributed by atoms with E-state index in [4.69, 9.17) is 0 Å². The van der Waals surface area contributed by atoms with Gasteiger partial charge in [-0.2, -0.15) is 13.2 Å². The molecule has 7 heteroatoms. The fourth-order valence-electron chi connectivity index (χ4n) is 3.19. The van der Waals surface area contributed by atoms with E-state index in [0.29, 0.717) is 5.56 Å². The molecule has 0 saturated carbocycles. The molecular formula is C22H18Br2F3NO. The van der Waals surface area contributed by atoms with E-state index < -0.39 is 21.4 Å². The highest BCUT2D eigenvalue weighted by molar-refractivity contribution is 9.12. The van der Waals surface area contributed by atoms with E-state index in [2.05, 4.69) is 37.2 Å². The van der Waals surface area contributed by atoms with Gasteiger partial charge in [0.15, 0.2) is 0 Å². The first-order chi connectivity index (χ1) is 13.7. The Hall–Kier alpha value is -1.86. The van der Waals surface area contributed by atoms with E-state index in [1.165, 1.54) is 6.07 Å². The topological polar surface area (TPSA) is 29.1 Å². The van der Waals surface area contributed by atoms with Gasteiger partial charge in [-0.25, -0.2) is 0 Å². The fourth-order valence-corrected chi connectivity index (χ4v) is 4.15. The molecule has 1 N–H and O–H groups in total. The van der Waals surface area contributed by atoms with Crippen molar-refractivity contribution in [3.05, 3.63) is 83.4 Å². The zero-order valence-electron chi connectivity index (χ0n) is 15.4. The minimum absolute atomic E-state index is 0.269.